The van der Waals surface area contributed by atoms with E-state index in [1.807, 2.05) is 43.3 Å². The van der Waals surface area contributed by atoms with Crippen molar-refractivity contribution in [1.29, 1.82) is 0 Å². The van der Waals surface area contributed by atoms with Gasteiger partial charge in [-0.15, -0.1) is 11.3 Å². The summed E-state index contributed by atoms with van der Waals surface area (Å²) >= 11 is 1.52. The van der Waals surface area contributed by atoms with Crippen LogP contribution in [0.3, 0.4) is 0 Å². The van der Waals surface area contributed by atoms with E-state index in [-0.39, 0.29) is 5.91 Å². The van der Waals surface area contributed by atoms with Gasteiger partial charge in [0.25, 0.3) is 5.91 Å². The summed E-state index contributed by atoms with van der Waals surface area (Å²) in [6.45, 7) is 1.90. The Morgan fingerprint density at radius 2 is 1.80 bits per heavy atom. The van der Waals surface area contributed by atoms with Gasteiger partial charge in [-0.25, -0.2) is 9.97 Å². The van der Waals surface area contributed by atoms with Crippen LogP contribution in [0.2, 0.25) is 0 Å². The molecule has 0 saturated carbocycles. The second kappa shape index (κ2) is 6.41. The van der Waals surface area contributed by atoms with Gasteiger partial charge in [0.05, 0.1) is 15.8 Å². The number of hydrogen-bond donors (Lipinski definition) is 1. The maximum Gasteiger partial charge on any atom is 0.259 e. The number of carbonyl (C=O) groups excluding carboxylic acids is 1. The van der Waals surface area contributed by atoms with Crippen LogP contribution < -0.4 is 5.32 Å². The lowest BCUT2D eigenvalue weighted by atomic mass is 10.1. The number of aromatic nitrogens is 3. The zero-order valence-electron chi connectivity index (χ0n) is 13.4. The maximum atomic E-state index is 12.8. The zero-order chi connectivity index (χ0) is 17.2. The molecule has 0 unspecified atom stereocenters. The minimum atomic E-state index is -0.246. The fourth-order valence-corrected chi connectivity index (χ4v) is 3.50. The first-order valence-electron chi connectivity index (χ1n) is 7.76. The summed E-state index contributed by atoms with van der Waals surface area (Å²) in [6, 6.07) is 15.1. The van der Waals surface area contributed by atoms with E-state index in [0.717, 1.165) is 20.8 Å². The molecule has 4 aromatic rings. The summed E-state index contributed by atoms with van der Waals surface area (Å²) in [5, 5.41) is 3.58. The van der Waals surface area contributed by atoms with E-state index in [1.165, 1.54) is 11.3 Å². The lowest BCUT2D eigenvalue weighted by Gasteiger charge is -2.08. The molecule has 0 radical (unpaired) electrons. The number of pyridine rings is 2. The van der Waals surface area contributed by atoms with Crippen molar-refractivity contribution in [2.45, 2.75) is 6.92 Å². The molecule has 3 aromatic heterocycles. The molecule has 0 aliphatic heterocycles. The van der Waals surface area contributed by atoms with E-state index in [4.69, 9.17) is 0 Å². The lowest BCUT2D eigenvalue weighted by molar-refractivity contribution is 0.102. The molecule has 5 nitrogen and oxygen atoms in total. The Balaban J connectivity index is 1.74. The Morgan fingerprint density at radius 1 is 1.00 bits per heavy atom. The first kappa shape index (κ1) is 15.4. The van der Waals surface area contributed by atoms with Crippen LogP contribution in [-0.4, -0.2) is 20.9 Å². The van der Waals surface area contributed by atoms with Crippen molar-refractivity contribution >= 4 is 33.3 Å². The predicted octanol–water partition coefficient (Wildman–Crippen LogP) is 4.31. The maximum absolute atomic E-state index is 12.8. The van der Waals surface area contributed by atoms with Crippen molar-refractivity contribution < 1.29 is 4.79 Å². The number of hydrogen-bond acceptors (Lipinski definition) is 5. The first-order chi connectivity index (χ1) is 12.2. The number of amides is 1. The minimum Gasteiger partial charge on any atom is -0.306 e. The number of thiazole rings is 1. The highest BCUT2D eigenvalue weighted by atomic mass is 32.1. The Labute approximate surface area is 148 Å². The van der Waals surface area contributed by atoms with Crippen molar-refractivity contribution in [2.24, 2.45) is 0 Å². The van der Waals surface area contributed by atoms with Crippen molar-refractivity contribution in [1.82, 2.24) is 15.0 Å². The lowest BCUT2D eigenvalue weighted by Crippen LogP contribution is -2.15. The van der Waals surface area contributed by atoms with Crippen LogP contribution in [0.15, 0.2) is 60.9 Å². The van der Waals surface area contributed by atoms with Gasteiger partial charge in [0.1, 0.15) is 16.5 Å². The van der Waals surface area contributed by atoms with Gasteiger partial charge in [-0.3, -0.25) is 9.78 Å². The highest BCUT2D eigenvalue weighted by molar-refractivity contribution is 7.21. The molecule has 1 amide bonds. The van der Waals surface area contributed by atoms with Crippen molar-refractivity contribution in [3.63, 3.8) is 0 Å². The van der Waals surface area contributed by atoms with Crippen molar-refractivity contribution in [3.8, 4) is 10.7 Å². The Morgan fingerprint density at radius 3 is 2.64 bits per heavy atom. The largest absolute Gasteiger partial charge is 0.306 e. The average Bonchev–Trinajstić information content (AvgIpc) is 3.07. The number of nitrogens with zero attached hydrogens (tertiary/aromatic N) is 3. The molecule has 4 rings (SSSR count). The summed E-state index contributed by atoms with van der Waals surface area (Å²) in [5.41, 5.74) is 2.86. The molecule has 0 spiro atoms. The second-order valence-corrected chi connectivity index (χ2v) is 6.54. The van der Waals surface area contributed by atoms with Crippen LogP contribution in [0.5, 0.6) is 0 Å². The fourth-order valence-electron chi connectivity index (χ4n) is 2.52. The van der Waals surface area contributed by atoms with Gasteiger partial charge in [-0.2, -0.15) is 0 Å². The summed E-state index contributed by atoms with van der Waals surface area (Å²) in [6.07, 6.45) is 3.32. The Kier molecular flexibility index (Phi) is 3.95. The van der Waals surface area contributed by atoms with Gasteiger partial charge in [0.15, 0.2) is 0 Å². The highest BCUT2D eigenvalue weighted by Crippen LogP contribution is 2.31. The van der Waals surface area contributed by atoms with Gasteiger partial charge in [-0.1, -0.05) is 18.2 Å². The van der Waals surface area contributed by atoms with Crippen LogP contribution in [0.4, 0.5) is 5.82 Å². The van der Waals surface area contributed by atoms with Gasteiger partial charge < -0.3 is 5.32 Å². The monoisotopic (exact) mass is 346 g/mol. The Bertz CT molecular complexity index is 1040. The van der Waals surface area contributed by atoms with E-state index >= 15 is 0 Å². The van der Waals surface area contributed by atoms with Crippen molar-refractivity contribution in [3.05, 3.63) is 72.1 Å². The van der Waals surface area contributed by atoms with E-state index < -0.39 is 0 Å². The number of aryl methyl sites for hydroxylation is 1. The molecule has 3 heterocycles. The summed E-state index contributed by atoms with van der Waals surface area (Å²) in [5.74, 6) is 0.302. The smallest absolute Gasteiger partial charge is 0.259 e. The molecular weight excluding hydrogens is 332 g/mol. The van der Waals surface area contributed by atoms with Gasteiger partial charge in [-0.05, 0) is 42.8 Å². The number of fused-ring (bicyclic) bond motifs is 1. The summed E-state index contributed by atoms with van der Waals surface area (Å²) in [4.78, 5) is 26.0. The third kappa shape index (κ3) is 2.99. The molecule has 0 aliphatic carbocycles. The van der Waals surface area contributed by atoms with Crippen LogP contribution >= 0.6 is 11.3 Å². The van der Waals surface area contributed by atoms with Crippen LogP contribution in [0.1, 0.15) is 15.9 Å². The molecule has 122 valence electrons. The van der Waals surface area contributed by atoms with Crippen LogP contribution in [0.25, 0.3) is 20.9 Å². The Hall–Kier alpha value is -3.12. The van der Waals surface area contributed by atoms with Crippen LogP contribution in [-0.2, 0) is 0 Å². The standard InChI is InChI=1S/C19H14N4OS/c1-12-6-4-11-21-17(12)23-18(24)13-7-5-10-20-16(13)19-22-14-8-2-3-9-15(14)25-19/h2-11H,1H3,(H,21,23,24). The number of nitrogens with one attached hydrogen (secondary N) is 1. The topological polar surface area (TPSA) is 67.8 Å². The number of benzene rings is 1. The molecule has 0 aliphatic rings. The summed E-state index contributed by atoms with van der Waals surface area (Å²) < 4.78 is 1.06. The molecule has 0 atom stereocenters. The minimum absolute atomic E-state index is 0.246. The molecule has 0 bridgehead atoms. The average molecular weight is 346 g/mol. The molecule has 0 fully saturated rings. The normalized spacial score (nSPS) is 10.8. The molecule has 6 heteroatoms. The third-order valence-corrected chi connectivity index (χ3v) is 4.83. The number of carbonyl (C=O) groups is 1. The van der Waals surface area contributed by atoms with Gasteiger partial charge in [0.2, 0.25) is 0 Å². The fraction of sp³-hybridized carbons (Fsp3) is 0.0526. The van der Waals surface area contributed by atoms with Gasteiger partial charge >= 0.3 is 0 Å². The third-order valence-electron chi connectivity index (χ3n) is 3.79. The highest BCUT2D eigenvalue weighted by Gasteiger charge is 2.18. The molecule has 1 aromatic carbocycles. The molecule has 25 heavy (non-hydrogen) atoms. The van der Waals surface area contributed by atoms with Gasteiger partial charge in [0, 0.05) is 12.4 Å². The molecule has 1 N–H and O–H groups in total. The second-order valence-electron chi connectivity index (χ2n) is 5.51. The number of anilines is 1. The quantitative estimate of drug-likeness (QED) is 0.600. The predicted molar refractivity (Wildman–Crippen MR) is 99.8 cm³/mol. The SMILES string of the molecule is Cc1cccnc1NC(=O)c1cccnc1-c1nc2ccccc2s1. The van der Waals surface area contributed by atoms with E-state index in [1.54, 1.807) is 24.5 Å². The summed E-state index contributed by atoms with van der Waals surface area (Å²) in [7, 11) is 0. The van der Waals surface area contributed by atoms with Crippen molar-refractivity contribution in [2.75, 3.05) is 5.32 Å². The zero-order valence-corrected chi connectivity index (χ0v) is 14.2. The van der Waals surface area contributed by atoms with E-state index in [9.17, 15) is 4.79 Å². The first-order valence-corrected chi connectivity index (χ1v) is 8.58. The molecular formula is C19H14N4OS. The number of para-hydroxylation sites is 1. The van der Waals surface area contributed by atoms with E-state index in [0.29, 0.717) is 17.1 Å². The van der Waals surface area contributed by atoms with E-state index in [2.05, 4.69) is 20.3 Å². The number of rotatable bonds is 3. The van der Waals surface area contributed by atoms with Crippen LogP contribution in [0, 0.1) is 6.92 Å². The molecule has 0 saturated heterocycles.